The van der Waals surface area contributed by atoms with Gasteiger partial charge >= 0.3 is 5.97 Å². The van der Waals surface area contributed by atoms with Crippen molar-refractivity contribution in [1.82, 2.24) is 9.80 Å². The number of carboxylic acids is 1. The standard InChI is InChI=1S/C30H34N2O5S/c1-3-14-31(17-21-12-8-5-9-13-21)28(35)26-30-19(2)15-23(38-30)24(29(36)37)25(30)27(34)32(26)22(18-33)16-20-10-6-4-7-11-20/h3-13,19,22-26,33H,1,14-18H2,2H3,(H,36,37)/t19?,22-,23+,24-,25+,26?,30?/m1/s1. The maximum absolute atomic E-state index is 14.6. The summed E-state index contributed by atoms with van der Waals surface area (Å²) in [5.41, 5.74) is 1.89. The molecule has 0 aliphatic carbocycles. The summed E-state index contributed by atoms with van der Waals surface area (Å²) in [5.74, 6) is -3.22. The van der Waals surface area contributed by atoms with E-state index in [1.54, 1.807) is 15.9 Å². The highest BCUT2D eigenvalue weighted by atomic mass is 32.2. The van der Waals surface area contributed by atoms with Crippen molar-refractivity contribution in [2.24, 2.45) is 17.8 Å². The van der Waals surface area contributed by atoms with Crippen LogP contribution in [0.2, 0.25) is 0 Å². The number of carbonyl (C=O) groups excluding carboxylic acids is 2. The highest BCUT2D eigenvalue weighted by Gasteiger charge is 2.77. The smallest absolute Gasteiger partial charge is 0.308 e. The summed E-state index contributed by atoms with van der Waals surface area (Å²) < 4.78 is -0.859. The van der Waals surface area contributed by atoms with Crippen LogP contribution < -0.4 is 0 Å². The van der Waals surface area contributed by atoms with Crippen LogP contribution in [0.5, 0.6) is 0 Å². The fourth-order valence-electron chi connectivity index (χ4n) is 6.92. The zero-order chi connectivity index (χ0) is 27.0. The summed E-state index contributed by atoms with van der Waals surface area (Å²) in [6.07, 6.45) is 2.69. The second-order valence-corrected chi connectivity index (χ2v) is 12.2. The molecule has 3 aliphatic heterocycles. The maximum Gasteiger partial charge on any atom is 0.308 e. The van der Waals surface area contributed by atoms with Gasteiger partial charge in [0.15, 0.2) is 0 Å². The molecule has 3 unspecified atom stereocenters. The van der Waals surface area contributed by atoms with Crippen molar-refractivity contribution in [2.45, 2.75) is 48.4 Å². The SMILES string of the molecule is C=CCN(Cc1ccccc1)C(=O)C1N([C@@H](CO)Cc2ccccc2)C(=O)[C@@H]2[C@H](C(=O)O)[C@@H]3CC(C)C12S3. The van der Waals surface area contributed by atoms with E-state index >= 15 is 0 Å². The molecule has 2 amide bonds. The lowest BCUT2D eigenvalue weighted by Gasteiger charge is -2.42. The molecule has 5 rings (SSSR count). The zero-order valence-corrected chi connectivity index (χ0v) is 22.3. The molecule has 3 heterocycles. The van der Waals surface area contributed by atoms with Gasteiger partial charge in [0.25, 0.3) is 0 Å². The number of aliphatic hydroxyl groups is 1. The number of hydrogen-bond acceptors (Lipinski definition) is 5. The van der Waals surface area contributed by atoms with E-state index in [-0.39, 0.29) is 29.6 Å². The second-order valence-electron chi connectivity index (χ2n) is 10.7. The number of carbonyl (C=O) groups is 3. The summed E-state index contributed by atoms with van der Waals surface area (Å²) in [4.78, 5) is 44.5. The monoisotopic (exact) mass is 534 g/mol. The first-order chi connectivity index (χ1) is 18.3. The largest absolute Gasteiger partial charge is 0.481 e. The summed E-state index contributed by atoms with van der Waals surface area (Å²) in [6, 6.07) is 17.7. The first kappa shape index (κ1) is 26.5. The second kappa shape index (κ2) is 10.6. The molecule has 2 aromatic carbocycles. The van der Waals surface area contributed by atoms with Crippen LogP contribution in [0.3, 0.4) is 0 Å². The van der Waals surface area contributed by atoms with E-state index in [2.05, 4.69) is 6.58 Å². The summed E-state index contributed by atoms with van der Waals surface area (Å²) >= 11 is 1.52. The number of thioether (sulfide) groups is 1. The van der Waals surface area contributed by atoms with Gasteiger partial charge in [-0.3, -0.25) is 14.4 Å². The van der Waals surface area contributed by atoms with Crippen molar-refractivity contribution >= 4 is 29.5 Å². The Bertz CT molecular complexity index is 1210. The average molecular weight is 535 g/mol. The van der Waals surface area contributed by atoms with Crippen LogP contribution >= 0.6 is 11.8 Å². The van der Waals surface area contributed by atoms with Crippen LogP contribution in [0, 0.1) is 17.8 Å². The predicted molar refractivity (Wildman–Crippen MR) is 146 cm³/mol. The molecule has 2 N–H and O–H groups in total. The Morgan fingerprint density at radius 3 is 2.37 bits per heavy atom. The topological polar surface area (TPSA) is 98.2 Å². The first-order valence-corrected chi connectivity index (χ1v) is 14.0. The molecular formula is C30H34N2O5S. The lowest BCUT2D eigenvalue weighted by atomic mass is 9.66. The molecule has 7 nitrogen and oxygen atoms in total. The molecule has 3 aliphatic rings. The Kier molecular flexibility index (Phi) is 7.38. The number of rotatable bonds is 10. The molecule has 0 radical (unpaired) electrons. The zero-order valence-electron chi connectivity index (χ0n) is 21.5. The Labute approximate surface area is 227 Å². The van der Waals surface area contributed by atoms with Crippen LogP contribution in [0.4, 0.5) is 0 Å². The van der Waals surface area contributed by atoms with E-state index in [0.29, 0.717) is 25.9 Å². The third kappa shape index (κ3) is 4.24. The number of likely N-dealkylation sites (tertiary alicyclic amines) is 1. The van der Waals surface area contributed by atoms with Gasteiger partial charge in [0, 0.05) is 18.3 Å². The quantitative estimate of drug-likeness (QED) is 0.455. The van der Waals surface area contributed by atoms with Gasteiger partial charge in [0.2, 0.25) is 11.8 Å². The summed E-state index contributed by atoms with van der Waals surface area (Å²) in [5, 5.41) is 20.5. The molecule has 3 saturated heterocycles. The molecule has 0 aromatic heterocycles. The summed E-state index contributed by atoms with van der Waals surface area (Å²) in [7, 11) is 0. The number of aliphatic hydroxyl groups excluding tert-OH is 1. The number of hydrogen-bond donors (Lipinski definition) is 2. The van der Waals surface area contributed by atoms with Crippen LogP contribution in [0.15, 0.2) is 73.3 Å². The van der Waals surface area contributed by atoms with Crippen molar-refractivity contribution < 1.29 is 24.6 Å². The lowest BCUT2D eigenvalue weighted by Crippen LogP contribution is -2.59. The fourth-order valence-corrected chi connectivity index (χ4v) is 9.31. The molecule has 1 spiro atoms. The molecule has 3 fully saturated rings. The van der Waals surface area contributed by atoms with Gasteiger partial charge < -0.3 is 20.0 Å². The Balaban J connectivity index is 1.59. The first-order valence-electron chi connectivity index (χ1n) is 13.1. The van der Waals surface area contributed by atoms with Crippen molar-refractivity contribution in [3.05, 3.63) is 84.4 Å². The normalized spacial score (nSPS) is 30.2. The third-order valence-electron chi connectivity index (χ3n) is 8.50. The van der Waals surface area contributed by atoms with E-state index in [0.717, 1.165) is 11.1 Å². The highest BCUT2D eigenvalue weighted by molar-refractivity contribution is 8.02. The number of carboxylic acid groups (broad SMARTS) is 1. The molecule has 7 atom stereocenters. The molecule has 200 valence electrons. The van der Waals surface area contributed by atoms with Crippen LogP contribution in [0.1, 0.15) is 24.5 Å². The minimum atomic E-state index is -0.987. The van der Waals surface area contributed by atoms with E-state index < -0.39 is 34.6 Å². The van der Waals surface area contributed by atoms with E-state index in [9.17, 15) is 24.6 Å². The van der Waals surface area contributed by atoms with Gasteiger partial charge in [-0.15, -0.1) is 18.3 Å². The Morgan fingerprint density at radius 2 is 1.79 bits per heavy atom. The van der Waals surface area contributed by atoms with E-state index in [1.807, 2.05) is 67.6 Å². The molecule has 0 saturated carbocycles. The van der Waals surface area contributed by atoms with Crippen molar-refractivity contribution in [1.29, 1.82) is 0 Å². The molecule has 8 heteroatoms. The number of amides is 2. The number of fused-ring (bicyclic) bond motifs is 1. The van der Waals surface area contributed by atoms with Crippen LogP contribution in [-0.2, 0) is 27.3 Å². The Hall–Kier alpha value is -3.10. The summed E-state index contributed by atoms with van der Waals surface area (Å²) in [6.45, 7) is 6.21. The van der Waals surface area contributed by atoms with Gasteiger partial charge in [-0.05, 0) is 29.9 Å². The van der Waals surface area contributed by atoms with E-state index in [1.165, 1.54) is 11.8 Å². The molecule has 2 aromatic rings. The number of aliphatic carboxylic acids is 1. The van der Waals surface area contributed by atoms with Gasteiger partial charge in [-0.1, -0.05) is 73.7 Å². The predicted octanol–water partition coefficient (Wildman–Crippen LogP) is 3.23. The average Bonchev–Trinajstić information content (AvgIpc) is 3.51. The van der Waals surface area contributed by atoms with Gasteiger partial charge in [0.1, 0.15) is 6.04 Å². The minimum absolute atomic E-state index is 0.0284. The third-order valence-corrected chi connectivity index (χ3v) is 10.6. The number of nitrogens with zero attached hydrogens (tertiary/aromatic N) is 2. The van der Waals surface area contributed by atoms with Crippen LogP contribution in [-0.4, -0.2) is 73.0 Å². The maximum atomic E-state index is 14.6. The minimum Gasteiger partial charge on any atom is -0.481 e. The number of benzene rings is 2. The van der Waals surface area contributed by atoms with Gasteiger partial charge in [-0.2, -0.15) is 0 Å². The fraction of sp³-hybridized carbons (Fsp3) is 0.433. The molecular weight excluding hydrogens is 500 g/mol. The van der Waals surface area contributed by atoms with E-state index in [4.69, 9.17) is 0 Å². The van der Waals surface area contributed by atoms with Gasteiger partial charge in [-0.25, -0.2) is 0 Å². The van der Waals surface area contributed by atoms with Crippen molar-refractivity contribution in [3.8, 4) is 0 Å². The van der Waals surface area contributed by atoms with Gasteiger partial charge in [0.05, 0.1) is 29.2 Å². The van der Waals surface area contributed by atoms with Crippen molar-refractivity contribution in [2.75, 3.05) is 13.2 Å². The highest BCUT2D eigenvalue weighted by Crippen LogP contribution is 2.69. The van der Waals surface area contributed by atoms with Crippen LogP contribution in [0.25, 0.3) is 0 Å². The Morgan fingerprint density at radius 1 is 1.16 bits per heavy atom. The molecule has 38 heavy (non-hydrogen) atoms. The molecule has 2 bridgehead atoms. The lowest BCUT2D eigenvalue weighted by molar-refractivity contribution is -0.150. The van der Waals surface area contributed by atoms with Crippen molar-refractivity contribution in [3.63, 3.8) is 0 Å².